The van der Waals surface area contributed by atoms with Crippen molar-refractivity contribution in [3.63, 3.8) is 0 Å². The molecule has 1 saturated heterocycles. The van der Waals surface area contributed by atoms with E-state index >= 15 is 0 Å². The molecule has 1 atom stereocenters. The van der Waals surface area contributed by atoms with E-state index in [9.17, 15) is 0 Å². The summed E-state index contributed by atoms with van der Waals surface area (Å²) in [6.07, 6.45) is 2.88. The molecule has 0 bridgehead atoms. The Morgan fingerprint density at radius 3 is 2.33 bits per heavy atom. The van der Waals surface area contributed by atoms with Crippen LogP contribution in [0.15, 0.2) is 11.1 Å². The second-order valence-electron chi connectivity index (χ2n) is 4.11. The third-order valence-corrected chi connectivity index (χ3v) is 2.48. The van der Waals surface area contributed by atoms with Crippen LogP contribution in [0.3, 0.4) is 0 Å². The Morgan fingerprint density at radius 1 is 1.33 bits per heavy atom. The Balaban J connectivity index is 2.72. The monoisotopic (exact) mass is 168 g/mol. The van der Waals surface area contributed by atoms with Gasteiger partial charge >= 0.3 is 0 Å². The summed E-state index contributed by atoms with van der Waals surface area (Å²) in [5.74, 6) is 0.637. The van der Waals surface area contributed by atoms with E-state index in [1.165, 1.54) is 24.0 Å². The van der Waals surface area contributed by atoms with Crippen LogP contribution >= 0.6 is 0 Å². The molecule has 1 aliphatic heterocycles. The maximum atomic E-state index is 5.68. The molecule has 0 aromatic rings. The molecule has 0 amide bonds. The van der Waals surface area contributed by atoms with Crippen molar-refractivity contribution in [3.8, 4) is 0 Å². The molecule has 0 spiro atoms. The zero-order valence-electron chi connectivity index (χ0n) is 8.68. The number of rotatable bonds is 2. The number of hydrogen-bond donors (Lipinski definition) is 0. The highest BCUT2D eigenvalue weighted by Gasteiger charge is 2.22. The SMILES string of the molecule is CC(C)=C(C(C)C)C1CCCO1. The van der Waals surface area contributed by atoms with Crippen molar-refractivity contribution in [2.45, 2.75) is 46.6 Å². The second kappa shape index (κ2) is 4.08. The van der Waals surface area contributed by atoms with E-state index in [0.717, 1.165) is 6.61 Å². The van der Waals surface area contributed by atoms with Crippen LogP contribution in [-0.2, 0) is 4.74 Å². The van der Waals surface area contributed by atoms with Crippen LogP contribution in [0.1, 0.15) is 40.5 Å². The molecule has 1 rings (SSSR count). The normalized spacial score (nSPS) is 23.2. The summed E-state index contributed by atoms with van der Waals surface area (Å²) in [6.45, 7) is 9.84. The van der Waals surface area contributed by atoms with Crippen molar-refractivity contribution in [2.75, 3.05) is 6.61 Å². The minimum absolute atomic E-state index is 0.426. The minimum Gasteiger partial charge on any atom is -0.374 e. The standard InChI is InChI=1S/C11H20O/c1-8(2)11(9(3)4)10-6-5-7-12-10/h8,10H,5-7H2,1-4H3. The van der Waals surface area contributed by atoms with Crippen LogP contribution < -0.4 is 0 Å². The summed E-state index contributed by atoms with van der Waals surface area (Å²) in [4.78, 5) is 0. The third kappa shape index (κ3) is 2.10. The first kappa shape index (κ1) is 9.79. The highest BCUT2D eigenvalue weighted by Crippen LogP contribution is 2.27. The Kier molecular flexibility index (Phi) is 3.33. The Morgan fingerprint density at radius 2 is 2.00 bits per heavy atom. The third-order valence-electron chi connectivity index (χ3n) is 2.48. The van der Waals surface area contributed by atoms with E-state index < -0.39 is 0 Å². The zero-order chi connectivity index (χ0) is 9.14. The molecule has 0 saturated carbocycles. The van der Waals surface area contributed by atoms with E-state index in [2.05, 4.69) is 27.7 Å². The van der Waals surface area contributed by atoms with Gasteiger partial charge in [-0.1, -0.05) is 19.4 Å². The molecule has 1 aliphatic rings. The fourth-order valence-electron chi connectivity index (χ4n) is 2.09. The minimum atomic E-state index is 0.426. The van der Waals surface area contributed by atoms with E-state index in [4.69, 9.17) is 4.74 Å². The van der Waals surface area contributed by atoms with Gasteiger partial charge < -0.3 is 4.74 Å². The van der Waals surface area contributed by atoms with Crippen molar-refractivity contribution in [2.24, 2.45) is 5.92 Å². The van der Waals surface area contributed by atoms with Gasteiger partial charge in [-0.2, -0.15) is 0 Å². The zero-order valence-corrected chi connectivity index (χ0v) is 8.68. The van der Waals surface area contributed by atoms with Crippen LogP contribution in [0.4, 0.5) is 0 Å². The summed E-state index contributed by atoms with van der Waals surface area (Å²) in [5.41, 5.74) is 2.96. The van der Waals surface area contributed by atoms with Gasteiger partial charge in [-0.15, -0.1) is 0 Å². The smallest absolute Gasteiger partial charge is 0.0790 e. The van der Waals surface area contributed by atoms with Gasteiger partial charge in [0, 0.05) is 6.61 Å². The van der Waals surface area contributed by atoms with Gasteiger partial charge in [0.2, 0.25) is 0 Å². The molecular formula is C11H20O. The molecule has 1 heteroatoms. The predicted molar refractivity (Wildman–Crippen MR) is 52.2 cm³/mol. The first-order chi connectivity index (χ1) is 5.63. The molecule has 1 heterocycles. The Bertz CT molecular complexity index is 169. The van der Waals surface area contributed by atoms with Crippen LogP contribution in [0.25, 0.3) is 0 Å². The van der Waals surface area contributed by atoms with Crippen molar-refractivity contribution in [1.29, 1.82) is 0 Å². The van der Waals surface area contributed by atoms with Crippen LogP contribution in [0, 0.1) is 5.92 Å². The topological polar surface area (TPSA) is 9.23 Å². The van der Waals surface area contributed by atoms with Gasteiger partial charge in [0.05, 0.1) is 6.10 Å². The van der Waals surface area contributed by atoms with Crippen molar-refractivity contribution < 1.29 is 4.74 Å². The maximum Gasteiger partial charge on any atom is 0.0790 e. The fraction of sp³-hybridized carbons (Fsp3) is 0.818. The van der Waals surface area contributed by atoms with E-state index in [-0.39, 0.29) is 0 Å². The summed E-state index contributed by atoms with van der Waals surface area (Å²) in [7, 11) is 0. The molecule has 12 heavy (non-hydrogen) atoms. The lowest BCUT2D eigenvalue weighted by atomic mass is 9.92. The van der Waals surface area contributed by atoms with Gasteiger partial charge in [-0.25, -0.2) is 0 Å². The molecule has 0 radical (unpaired) electrons. The average molecular weight is 168 g/mol. The first-order valence-corrected chi connectivity index (χ1v) is 4.91. The molecular weight excluding hydrogens is 148 g/mol. The molecule has 0 aliphatic carbocycles. The van der Waals surface area contributed by atoms with Crippen molar-refractivity contribution >= 4 is 0 Å². The van der Waals surface area contributed by atoms with Crippen LogP contribution in [0.5, 0.6) is 0 Å². The summed E-state index contributed by atoms with van der Waals surface area (Å²) in [6, 6.07) is 0. The van der Waals surface area contributed by atoms with Gasteiger partial charge in [-0.3, -0.25) is 0 Å². The van der Waals surface area contributed by atoms with Gasteiger partial charge in [0.15, 0.2) is 0 Å². The van der Waals surface area contributed by atoms with Crippen molar-refractivity contribution in [3.05, 3.63) is 11.1 Å². The first-order valence-electron chi connectivity index (χ1n) is 4.91. The number of hydrogen-bond acceptors (Lipinski definition) is 1. The summed E-state index contributed by atoms with van der Waals surface area (Å²) >= 11 is 0. The Labute approximate surface area is 75.8 Å². The van der Waals surface area contributed by atoms with Crippen LogP contribution in [-0.4, -0.2) is 12.7 Å². The van der Waals surface area contributed by atoms with Crippen LogP contribution in [0.2, 0.25) is 0 Å². The quantitative estimate of drug-likeness (QED) is 0.575. The molecule has 0 N–H and O–H groups in total. The summed E-state index contributed by atoms with van der Waals surface area (Å²) < 4.78 is 5.68. The second-order valence-corrected chi connectivity index (χ2v) is 4.11. The molecule has 0 aromatic heterocycles. The lowest BCUT2D eigenvalue weighted by molar-refractivity contribution is 0.129. The van der Waals surface area contributed by atoms with E-state index in [1.54, 1.807) is 0 Å². The van der Waals surface area contributed by atoms with Gasteiger partial charge in [0.25, 0.3) is 0 Å². The number of ether oxygens (including phenoxy) is 1. The lowest BCUT2D eigenvalue weighted by Gasteiger charge is -2.20. The highest BCUT2D eigenvalue weighted by molar-refractivity contribution is 5.17. The molecule has 0 aromatic carbocycles. The van der Waals surface area contributed by atoms with E-state index in [0.29, 0.717) is 12.0 Å². The average Bonchev–Trinajstić information content (AvgIpc) is 2.37. The maximum absolute atomic E-state index is 5.68. The summed E-state index contributed by atoms with van der Waals surface area (Å²) in [5, 5.41) is 0. The van der Waals surface area contributed by atoms with Gasteiger partial charge in [0.1, 0.15) is 0 Å². The van der Waals surface area contributed by atoms with Crippen molar-refractivity contribution in [1.82, 2.24) is 0 Å². The van der Waals surface area contributed by atoms with Gasteiger partial charge in [-0.05, 0) is 38.2 Å². The molecule has 70 valence electrons. The lowest BCUT2D eigenvalue weighted by Crippen LogP contribution is -2.15. The molecule has 1 unspecified atom stereocenters. The fourth-order valence-corrected chi connectivity index (χ4v) is 2.09. The predicted octanol–water partition coefficient (Wildman–Crippen LogP) is 3.16. The molecule has 1 fully saturated rings. The Hall–Kier alpha value is -0.300. The van der Waals surface area contributed by atoms with E-state index in [1.807, 2.05) is 0 Å². The molecule has 1 nitrogen and oxygen atoms in total. The number of allylic oxidation sites excluding steroid dienone is 1. The largest absolute Gasteiger partial charge is 0.374 e. The highest BCUT2D eigenvalue weighted by atomic mass is 16.5.